The van der Waals surface area contributed by atoms with Gasteiger partial charge in [-0.05, 0) is 42.5 Å². The maximum Gasteiger partial charge on any atom is 0.262 e. The first-order chi connectivity index (χ1) is 10.8. The molecule has 0 unspecified atom stereocenters. The van der Waals surface area contributed by atoms with Gasteiger partial charge >= 0.3 is 0 Å². The SMILES string of the molecule is CS(=O)(=O)c1ccc(NC(=O)COc2ccc(Br)cc2Cl)cc1. The van der Waals surface area contributed by atoms with Gasteiger partial charge in [0.05, 0.1) is 9.92 Å². The molecular weight excluding hydrogens is 406 g/mol. The Bertz CT molecular complexity index is 822. The molecule has 1 N–H and O–H groups in total. The van der Waals surface area contributed by atoms with E-state index in [0.29, 0.717) is 16.5 Å². The van der Waals surface area contributed by atoms with E-state index < -0.39 is 9.84 Å². The minimum atomic E-state index is -3.26. The molecule has 0 atom stereocenters. The van der Waals surface area contributed by atoms with Gasteiger partial charge in [-0.25, -0.2) is 8.42 Å². The third-order valence-electron chi connectivity index (χ3n) is 2.82. The van der Waals surface area contributed by atoms with Gasteiger partial charge in [-0.1, -0.05) is 27.5 Å². The van der Waals surface area contributed by atoms with Gasteiger partial charge in [0, 0.05) is 16.4 Å². The molecule has 8 heteroatoms. The molecular formula is C15H13BrClNO4S. The van der Waals surface area contributed by atoms with Crippen molar-refractivity contribution in [2.45, 2.75) is 4.90 Å². The molecule has 122 valence electrons. The van der Waals surface area contributed by atoms with Crippen molar-refractivity contribution in [3.05, 3.63) is 52.0 Å². The third kappa shape index (κ3) is 5.23. The predicted molar refractivity (Wildman–Crippen MR) is 92.8 cm³/mol. The highest BCUT2D eigenvalue weighted by Gasteiger charge is 2.09. The van der Waals surface area contributed by atoms with Gasteiger partial charge in [0.15, 0.2) is 16.4 Å². The van der Waals surface area contributed by atoms with Crippen molar-refractivity contribution in [3.63, 3.8) is 0 Å². The van der Waals surface area contributed by atoms with Crippen molar-refractivity contribution in [2.24, 2.45) is 0 Å². The zero-order valence-corrected chi connectivity index (χ0v) is 15.2. The molecule has 0 heterocycles. The Hall–Kier alpha value is -1.57. The lowest BCUT2D eigenvalue weighted by Crippen LogP contribution is -2.20. The summed E-state index contributed by atoms with van der Waals surface area (Å²) in [5.74, 6) is 0.0218. The average molecular weight is 419 g/mol. The van der Waals surface area contributed by atoms with Gasteiger partial charge in [-0.15, -0.1) is 0 Å². The zero-order valence-electron chi connectivity index (χ0n) is 12.0. The summed E-state index contributed by atoms with van der Waals surface area (Å²) < 4.78 is 28.9. The molecule has 0 saturated heterocycles. The highest BCUT2D eigenvalue weighted by Crippen LogP contribution is 2.27. The van der Waals surface area contributed by atoms with Crippen LogP contribution in [0.1, 0.15) is 0 Å². The van der Waals surface area contributed by atoms with Gasteiger partial charge in [0.1, 0.15) is 5.75 Å². The van der Waals surface area contributed by atoms with Gasteiger partial charge in [-0.3, -0.25) is 4.79 Å². The number of rotatable bonds is 5. The molecule has 0 radical (unpaired) electrons. The molecule has 0 aliphatic rings. The summed E-state index contributed by atoms with van der Waals surface area (Å²) >= 11 is 9.27. The maximum atomic E-state index is 11.8. The van der Waals surface area contributed by atoms with Crippen LogP contribution in [0, 0.1) is 0 Å². The van der Waals surface area contributed by atoms with Crippen LogP contribution in [-0.2, 0) is 14.6 Å². The number of hydrogen-bond acceptors (Lipinski definition) is 4. The number of benzene rings is 2. The number of halogens is 2. The summed E-state index contributed by atoms with van der Waals surface area (Å²) in [4.78, 5) is 12.0. The molecule has 0 saturated carbocycles. The van der Waals surface area contributed by atoms with E-state index in [1.54, 1.807) is 18.2 Å². The van der Waals surface area contributed by atoms with E-state index in [2.05, 4.69) is 21.2 Å². The minimum absolute atomic E-state index is 0.188. The van der Waals surface area contributed by atoms with Crippen LogP contribution in [0.3, 0.4) is 0 Å². The Morgan fingerprint density at radius 2 is 1.87 bits per heavy atom. The Morgan fingerprint density at radius 1 is 1.22 bits per heavy atom. The fourth-order valence-electron chi connectivity index (χ4n) is 1.72. The normalized spacial score (nSPS) is 11.1. The van der Waals surface area contributed by atoms with Crippen molar-refractivity contribution in [1.29, 1.82) is 0 Å². The first-order valence-electron chi connectivity index (χ1n) is 6.43. The molecule has 0 aromatic heterocycles. The molecule has 0 fully saturated rings. The van der Waals surface area contributed by atoms with Gasteiger partial charge in [0.2, 0.25) is 0 Å². The molecule has 0 bridgehead atoms. The Morgan fingerprint density at radius 3 is 2.43 bits per heavy atom. The van der Waals surface area contributed by atoms with Crippen LogP contribution in [0.25, 0.3) is 0 Å². The first-order valence-corrected chi connectivity index (χ1v) is 9.50. The van der Waals surface area contributed by atoms with E-state index >= 15 is 0 Å². The van der Waals surface area contributed by atoms with E-state index in [0.717, 1.165) is 10.7 Å². The summed E-state index contributed by atoms with van der Waals surface area (Å²) in [5, 5.41) is 3.00. The average Bonchev–Trinajstić information content (AvgIpc) is 2.46. The van der Waals surface area contributed by atoms with Crippen LogP contribution >= 0.6 is 27.5 Å². The van der Waals surface area contributed by atoms with Crippen LogP contribution in [0.15, 0.2) is 51.8 Å². The van der Waals surface area contributed by atoms with Crippen LogP contribution in [0.4, 0.5) is 5.69 Å². The molecule has 2 aromatic rings. The van der Waals surface area contributed by atoms with Crippen LogP contribution < -0.4 is 10.1 Å². The molecule has 5 nitrogen and oxygen atoms in total. The molecule has 0 aliphatic carbocycles. The fraction of sp³-hybridized carbons (Fsp3) is 0.133. The van der Waals surface area contributed by atoms with E-state index in [1.165, 1.54) is 24.3 Å². The molecule has 1 amide bonds. The van der Waals surface area contributed by atoms with E-state index in [9.17, 15) is 13.2 Å². The van der Waals surface area contributed by atoms with Crippen LogP contribution in [0.2, 0.25) is 5.02 Å². The quantitative estimate of drug-likeness (QED) is 0.806. The van der Waals surface area contributed by atoms with E-state index in [4.69, 9.17) is 16.3 Å². The van der Waals surface area contributed by atoms with Gasteiger partial charge < -0.3 is 10.1 Å². The lowest BCUT2D eigenvalue weighted by molar-refractivity contribution is -0.118. The summed E-state index contributed by atoms with van der Waals surface area (Å²) in [7, 11) is -3.26. The number of carbonyl (C=O) groups excluding carboxylic acids is 1. The van der Waals surface area contributed by atoms with Crippen LogP contribution in [-0.4, -0.2) is 27.2 Å². The van der Waals surface area contributed by atoms with Gasteiger partial charge in [-0.2, -0.15) is 0 Å². The number of anilines is 1. The monoisotopic (exact) mass is 417 g/mol. The Balaban J connectivity index is 1.94. The number of amides is 1. The Kier molecular flexibility index (Phi) is 5.67. The highest BCUT2D eigenvalue weighted by molar-refractivity contribution is 9.10. The first kappa shape index (κ1) is 17.8. The smallest absolute Gasteiger partial charge is 0.262 e. The second-order valence-corrected chi connectivity index (χ2v) is 8.05. The Labute approximate surface area is 147 Å². The maximum absolute atomic E-state index is 11.8. The number of sulfone groups is 1. The van der Waals surface area contributed by atoms with E-state index in [1.807, 2.05) is 0 Å². The van der Waals surface area contributed by atoms with Crippen molar-refractivity contribution < 1.29 is 17.9 Å². The summed E-state index contributed by atoms with van der Waals surface area (Å²) in [5.41, 5.74) is 0.480. The molecule has 2 rings (SSSR count). The van der Waals surface area contributed by atoms with Crippen molar-refractivity contribution >= 4 is 49.0 Å². The molecule has 23 heavy (non-hydrogen) atoms. The van der Waals surface area contributed by atoms with Crippen molar-refractivity contribution in [1.82, 2.24) is 0 Å². The molecule has 0 aliphatic heterocycles. The van der Waals surface area contributed by atoms with Crippen molar-refractivity contribution in [2.75, 3.05) is 18.2 Å². The predicted octanol–water partition coefficient (Wildman–Crippen LogP) is 3.52. The highest BCUT2D eigenvalue weighted by atomic mass is 79.9. The number of ether oxygens (including phenoxy) is 1. The third-order valence-corrected chi connectivity index (χ3v) is 4.74. The second-order valence-electron chi connectivity index (χ2n) is 4.71. The van der Waals surface area contributed by atoms with Crippen LogP contribution in [0.5, 0.6) is 5.75 Å². The number of carbonyl (C=O) groups is 1. The lowest BCUT2D eigenvalue weighted by atomic mass is 10.3. The summed E-state index contributed by atoms with van der Waals surface area (Å²) in [6.07, 6.45) is 1.12. The second kappa shape index (κ2) is 7.33. The largest absolute Gasteiger partial charge is 0.482 e. The minimum Gasteiger partial charge on any atom is -0.482 e. The lowest BCUT2D eigenvalue weighted by Gasteiger charge is -2.09. The zero-order chi connectivity index (χ0) is 17.0. The molecule has 2 aromatic carbocycles. The van der Waals surface area contributed by atoms with Gasteiger partial charge in [0.25, 0.3) is 5.91 Å². The topological polar surface area (TPSA) is 72.5 Å². The standard InChI is InChI=1S/C15H13BrClNO4S/c1-23(20,21)12-5-3-11(4-6-12)18-15(19)9-22-14-7-2-10(16)8-13(14)17/h2-8H,9H2,1H3,(H,18,19). The summed E-state index contributed by atoms with van der Waals surface area (Å²) in [6.45, 7) is -0.213. The fourth-order valence-corrected chi connectivity index (χ4v) is 3.08. The van der Waals surface area contributed by atoms with Crippen molar-refractivity contribution in [3.8, 4) is 5.75 Å². The number of nitrogens with one attached hydrogen (secondary N) is 1. The summed E-state index contributed by atoms with van der Waals surface area (Å²) in [6, 6.07) is 11.0. The number of hydrogen-bond donors (Lipinski definition) is 1. The van der Waals surface area contributed by atoms with E-state index in [-0.39, 0.29) is 17.4 Å². The molecule has 0 spiro atoms.